The summed E-state index contributed by atoms with van der Waals surface area (Å²) < 4.78 is 0. The molecule has 1 N–H and O–H groups in total. The summed E-state index contributed by atoms with van der Waals surface area (Å²) in [6.45, 7) is 0. The summed E-state index contributed by atoms with van der Waals surface area (Å²) in [6, 6.07) is 27.7. The molecule has 23 heavy (non-hydrogen) atoms. The molecule has 0 aliphatic rings. The Bertz CT molecular complexity index is 729. The van der Waals surface area contributed by atoms with Gasteiger partial charge in [-0.15, -0.1) is 11.8 Å². The van der Waals surface area contributed by atoms with E-state index in [9.17, 15) is 5.11 Å². The van der Waals surface area contributed by atoms with Crippen LogP contribution in [0.15, 0.2) is 89.8 Å². The van der Waals surface area contributed by atoms with E-state index < -0.39 is 6.10 Å². The van der Waals surface area contributed by atoms with Gasteiger partial charge in [-0.1, -0.05) is 72.3 Å². The Balaban J connectivity index is 1.92. The molecule has 116 valence electrons. The van der Waals surface area contributed by atoms with Crippen LogP contribution in [0.2, 0.25) is 5.02 Å². The number of hydrogen-bond acceptors (Lipinski definition) is 2. The van der Waals surface area contributed by atoms with Gasteiger partial charge in [0.25, 0.3) is 0 Å². The summed E-state index contributed by atoms with van der Waals surface area (Å²) in [7, 11) is 0. The lowest BCUT2D eigenvalue weighted by Gasteiger charge is -2.23. The van der Waals surface area contributed by atoms with Crippen LogP contribution in [0, 0.1) is 0 Å². The maximum Gasteiger partial charge on any atom is 0.0952 e. The van der Waals surface area contributed by atoms with E-state index in [0.717, 1.165) is 16.0 Å². The fourth-order valence-electron chi connectivity index (χ4n) is 2.44. The number of hydrogen-bond donors (Lipinski definition) is 1. The van der Waals surface area contributed by atoms with Crippen molar-refractivity contribution in [2.75, 3.05) is 0 Å². The molecular weight excluding hydrogens is 324 g/mol. The number of benzene rings is 3. The third kappa shape index (κ3) is 4.17. The summed E-state index contributed by atoms with van der Waals surface area (Å²) in [5, 5.41) is 11.5. The lowest BCUT2D eigenvalue weighted by molar-refractivity contribution is 0.175. The van der Waals surface area contributed by atoms with Crippen LogP contribution in [0.25, 0.3) is 0 Å². The lowest BCUT2D eigenvalue weighted by Crippen LogP contribution is -2.08. The molecule has 0 heterocycles. The van der Waals surface area contributed by atoms with Crippen molar-refractivity contribution in [3.63, 3.8) is 0 Å². The van der Waals surface area contributed by atoms with Crippen LogP contribution in [-0.4, -0.2) is 5.11 Å². The highest BCUT2D eigenvalue weighted by molar-refractivity contribution is 7.99. The fourth-order valence-corrected chi connectivity index (χ4v) is 3.75. The van der Waals surface area contributed by atoms with Crippen LogP contribution >= 0.6 is 23.4 Å². The molecule has 0 saturated heterocycles. The highest BCUT2D eigenvalue weighted by atomic mass is 35.5. The van der Waals surface area contributed by atoms with Crippen molar-refractivity contribution >= 4 is 23.4 Å². The first kappa shape index (κ1) is 16.1. The zero-order chi connectivity index (χ0) is 16.1. The summed E-state index contributed by atoms with van der Waals surface area (Å²) in [5.74, 6) is 0. The molecule has 2 atom stereocenters. The molecule has 0 amide bonds. The molecule has 0 aliphatic heterocycles. The predicted molar refractivity (Wildman–Crippen MR) is 97.9 cm³/mol. The second kappa shape index (κ2) is 7.69. The average Bonchev–Trinajstić information content (AvgIpc) is 2.61. The minimum atomic E-state index is -0.611. The Morgan fingerprint density at radius 3 is 1.87 bits per heavy atom. The van der Waals surface area contributed by atoms with Gasteiger partial charge in [-0.05, 0) is 35.4 Å². The molecular formula is C20H17ClOS. The van der Waals surface area contributed by atoms with Crippen molar-refractivity contribution in [1.29, 1.82) is 0 Å². The maximum atomic E-state index is 10.9. The Morgan fingerprint density at radius 2 is 1.26 bits per heavy atom. The number of thioether (sulfide) groups is 1. The normalized spacial score (nSPS) is 13.5. The summed E-state index contributed by atoms with van der Waals surface area (Å²) in [4.78, 5) is 1.13. The fraction of sp³-hybridized carbons (Fsp3) is 0.100. The molecule has 0 bridgehead atoms. The molecule has 3 rings (SSSR count). The molecule has 0 radical (unpaired) electrons. The highest BCUT2D eigenvalue weighted by Gasteiger charge is 2.23. The quantitative estimate of drug-likeness (QED) is 0.583. The molecule has 0 spiro atoms. The zero-order valence-corrected chi connectivity index (χ0v) is 14.0. The van der Waals surface area contributed by atoms with Gasteiger partial charge in [-0.2, -0.15) is 0 Å². The van der Waals surface area contributed by atoms with E-state index in [4.69, 9.17) is 11.6 Å². The first-order valence-electron chi connectivity index (χ1n) is 7.44. The third-order valence-corrected chi connectivity index (χ3v) is 5.21. The van der Waals surface area contributed by atoms with E-state index in [-0.39, 0.29) is 5.25 Å². The van der Waals surface area contributed by atoms with E-state index in [1.54, 1.807) is 11.8 Å². The smallest absolute Gasteiger partial charge is 0.0952 e. The summed E-state index contributed by atoms with van der Waals surface area (Å²) >= 11 is 7.62. The molecule has 3 aromatic carbocycles. The topological polar surface area (TPSA) is 20.2 Å². The van der Waals surface area contributed by atoms with Gasteiger partial charge in [0.15, 0.2) is 0 Å². The Hall–Kier alpha value is -1.74. The van der Waals surface area contributed by atoms with Gasteiger partial charge in [-0.25, -0.2) is 0 Å². The van der Waals surface area contributed by atoms with Crippen molar-refractivity contribution in [3.05, 3.63) is 101 Å². The van der Waals surface area contributed by atoms with Crippen molar-refractivity contribution in [3.8, 4) is 0 Å². The molecule has 1 nitrogen and oxygen atoms in total. The number of rotatable bonds is 5. The standard InChI is InChI=1S/C20H17ClOS/c21-17-13-11-15(12-14-17)19(22)20(16-7-3-1-4-8-16)23-18-9-5-2-6-10-18/h1-14,19-20,22H. The van der Waals surface area contributed by atoms with Crippen LogP contribution < -0.4 is 0 Å². The summed E-state index contributed by atoms with van der Waals surface area (Å²) in [5.41, 5.74) is 1.97. The SMILES string of the molecule is OC(c1ccc(Cl)cc1)C(Sc1ccccc1)c1ccccc1. The van der Waals surface area contributed by atoms with Crippen LogP contribution in [0.3, 0.4) is 0 Å². The van der Waals surface area contributed by atoms with E-state index in [1.165, 1.54) is 0 Å². The van der Waals surface area contributed by atoms with Crippen molar-refractivity contribution in [1.82, 2.24) is 0 Å². The van der Waals surface area contributed by atoms with Crippen LogP contribution in [0.4, 0.5) is 0 Å². The van der Waals surface area contributed by atoms with Gasteiger partial charge in [-0.3, -0.25) is 0 Å². The molecule has 3 aromatic rings. The lowest BCUT2D eigenvalue weighted by atomic mass is 10.0. The first-order valence-corrected chi connectivity index (χ1v) is 8.70. The molecule has 2 unspecified atom stereocenters. The van der Waals surface area contributed by atoms with Gasteiger partial charge in [0.05, 0.1) is 11.4 Å². The predicted octanol–water partition coefficient (Wildman–Crippen LogP) is 5.91. The van der Waals surface area contributed by atoms with Gasteiger partial charge in [0.1, 0.15) is 0 Å². The van der Waals surface area contributed by atoms with E-state index >= 15 is 0 Å². The number of aliphatic hydroxyl groups excluding tert-OH is 1. The zero-order valence-electron chi connectivity index (χ0n) is 12.5. The van der Waals surface area contributed by atoms with Gasteiger partial charge < -0.3 is 5.11 Å². The maximum absolute atomic E-state index is 10.9. The van der Waals surface area contributed by atoms with Crippen LogP contribution in [0.1, 0.15) is 22.5 Å². The van der Waals surface area contributed by atoms with Gasteiger partial charge >= 0.3 is 0 Å². The number of halogens is 1. The highest BCUT2D eigenvalue weighted by Crippen LogP contribution is 2.43. The Morgan fingerprint density at radius 1 is 0.696 bits per heavy atom. The van der Waals surface area contributed by atoms with Crippen molar-refractivity contribution in [2.45, 2.75) is 16.2 Å². The summed E-state index contributed by atoms with van der Waals surface area (Å²) in [6.07, 6.45) is -0.611. The molecule has 0 aromatic heterocycles. The Kier molecular flexibility index (Phi) is 5.39. The largest absolute Gasteiger partial charge is 0.387 e. The molecule has 3 heteroatoms. The molecule has 0 saturated carbocycles. The van der Waals surface area contributed by atoms with Crippen molar-refractivity contribution < 1.29 is 5.11 Å². The number of aliphatic hydroxyl groups is 1. The first-order chi connectivity index (χ1) is 11.2. The van der Waals surface area contributed by atoms with E-state index in [1.807, 2.05) is 60.7 Å². The monoisotopic (exact) mass is 340 g/mol. The van der Waals surface area contributed by atoms with Gasteiger partial charge in [0.2, 0.25) is 0 Å². The molecule has 0 aliphatic carbocycles. The minimum Gasteiger partial charge on any atom is -0.387 e. The van der Waals surface area contributed by atoms with E-state index in [2.05, 4.69) is 24.3 Å². The van der Waals surface area contributed by atoms with Crippen LogP contribution in [0.5, 0.6) is 0 Å². The average molecular weight is 341 g/mol. The van der Waals surface area contributed by atoms with Gasteiger partial charge in [0, 0.05) is 9.92 Å². The third-order valence-electron chi connectivity index (χ3n) is 3.63. The van der Waals surface area contributed by atoms with Crippen LogP contribution in [-0.2, 0) is 0 Å². The second-order valence-corrected chi connectivity index (χ2v) is 6.91. The minimum absolute atomic E-state index is 0.0835. The van der Waals surface area contributed by atoms with Crippen molar-refractivity contribution in [2.24, 2.45) is 0 Å². The van der Waals surface area contributed by atoms with E-state index in [0.29, 0.717) is 5.02 Å². The second-order valence-electron chi connectivity index (χ2n) is 5.26. The molecule has 0 fully saturated rings. The Labute approximate surface area is 145 Å².